The molecule has 2 atom stereocenters. The molecule has 0 unspecified atom stereocenters. The molecule has 0 bridgehead atoms. The van der Waals surface area contributed by atoms with E-state index >= 15 is 0 Å². The van der Waals surface area contributed by atoms with Gasteiger partial charge in [-0.3, -0.25) is 4.79 Å². The molecule has 120 valence electrons. The van der Waals surface area contributed by atoms with E-state index in [1.807, 2.05) is 23.1 Å². The molecule has 22 heavy (non-hydrogen) atoms. The Morgan fingerprint density at radius 3 is 2.73 bits per heavy atom. The molecule has 0 N–H and O–H groups in total. The predicted octanol–water partition coefficient (Wildman–Crippen LogP) is 2.42. The summed E-state index contributed by atoms with van der Waals surface area (Å²) in [4.78, 5) is 14.7. The van der Waals surface area contributed by atoms with Crippen LogP contribution in [0.15, 0.2) is 30.3 Å². The lowest BCUT2D eigenvalue weighted by Gasteiger charge is -2.29. The molecular formula is C18H25NO3. The first-order valence-corrected chi connectivity index (χ1v) is 8.35. The molecule has 2 heterocycles. The van der Waals surface area contributed by atoms with Gasteiger partial charge in [0.05, 0.1) is 25.2 Å². The monoisotopic (exact) mass is 303 g/mol. The molecule has 0 radical (unpaired) electrons. The highest BCUT2D eigenvalue weighted by molar-refractivity contribution is 5.77. The van der Waals surface area contributed by atoms with Gasteiger partial charge < -0.3 is 14.4 Å². The maximum absolute atomic E-state index is 12.7. The molecule has 1 aromatic rings. The molecule has 2 fully saturated rings. The molecule has 0 saturated carbocycles. The van der Waals surface area contributed by atoms with Gasteiger partial charge in [0.1, 0.15) is 0 Å². The number of carbonyl (C=O) groups excluding carboxylic acids is 1. The van der Waals surface area contributed by atoms with E-state index in [4.69, 9.17) is 9.47 Å². The zero-order chi connectivity index (χ0) is 15.2. The van der Waals surface area contributed by atoms with Gasteiger partial charge in [0.25, 0.3) is 0 Å². The van der Waals surface area contributed by atoms with E-state index in [1.165, 1.54) is 5.56 Å². The Bertz CT molecular complexity index is 464. The van der Waals surface area contributed by atoms with Crippen LogP contribution < -0.4 is 0 Å². The molecule has 3 rings (SSSR count). The number of amides is 1. The van der Waals surface area contributed by atoms with Gasteiger partial charge >= 0.3 is 0 Å². The van der Waals surface area contributed by atoms with E-state index in [-0.39, 0.29) is 18.1 Å². The molecule has 2 saturated heterocycles. The third kappa shape index (κ3) is 4.08. The number of hydrogen-bond donors (Lipinski definition) is 0. The fourth-order valence-corrected chi connectivity index (χ4v) is 3.29. The van der Waals surface area contributed by atoms with E-state index in [0.29, 0.717) is 13.0 Å². The van der Waals surface area contributed by atoms with Crippen LogP contribution in [0.3, 0.4) is 0 Å². The first kappa shape index (κ1) is 15.5. The number of nitrogens with zero attached hydrogens (tertiary/aromatic N) is 1. The van der Waals surface area contributed by atoms with Crippen LogP contribution in [0.25, 0.3) is 0 Å². The van der Waals surface area contributed by atoms with Crippen molar-refractivity contribution in [2.24, 2.45) is 0 Å². The molecule has 0 aliphatic carbocycles. The summed E-state index contributed by atoms with van der Waals surface area (Å²) >= 11 is 0. The molecule has 1 aromatic carbocycles. The highest BCUT2D eigenvalue weighted by Gasteiger charge is 2.29. The standard InChI is InChI=1S/C18H25NO3/c20-18(13-17-7-4-11-22-17)19(16-9-12-21-14-16)10-8-15-5-2-1-3-6-15/h1-3,5-6,16-17H,4,7-14H2/t16-,17+/m1/s1. The second-order valence-corrected chi connectivity index (χ2v) is 6.18. The number of carbonyl (C=O) groups is 1. The van der Waals surface area contributed by atoms with Crippen molar-refractivity contribution >= 4 is 5.91 Å². The summed E-state index contributed by atoms with van der Waals surface area (Å²) in [5, 5.41) is 0. The molecule has 4 nitrogen and oxygen atoms in total. The Morgan fingerprint density at radius 2 is 2.05 bits per heavy atom. The topological polar surface area (TPSA) is 38.8 Å². The highest BCUT2D eigenvalue weighted by atomic mass is 16.5. The summed E-state index contributed by atoms with van der Waals surface area (Å²) in [6.45, 7) is 3.00. The SMILES string of the molecule is O=C(C[C@@H]1CCCO1)N(CCc1ccccc1)[C@@H]1CCOC1. The lowest BCUT2D eigenvalue weighted by atomic mass is 10.1. The number of rotatable bonds is 6. The van der Waals surface area contributed by atoms with Crippen LogP contribution in [0.5, 0.6) is 0 Å². The van der Waals surface area contributed by atoms with E-state index in [1.54, 1.807) is 0 Å². The van der Waals surface area contributed by atoms with E-state index in [9.17, 15) is 4.79 Å². The Kier molecular flexibility index (Phi) is 5.46. The van der Waals surface area contributed by atoms with Gasteiger partial charge in [-0.25, -0.2) is 0 Å². The van der Waals surface area contributed by atoms with Crippen LogP contribution in [0.1, 0.15) is 31.2 Å². The summed E-state index contributed by atoms with van der Waals surface area (Å²) in [5.41, 5.74) is 1.27. The van der Waals surface area contributed by atoms with Crippen molar-refractivity contribution in [2.45, 2.75) is 44.2 Å². The molecule has 0 aromatic heterocycles. The fourth-order valence-electron chi connectivity index (χ4n) is 3.29. The van der Waals surface area contributed by atoms with Crippen LogP contribution in [0.4, 0.5) is 0 Å². The van der Waals surface area contributed by atoms with Gasteiger partial charge in [0.2, 0.25) is 5.91 Å². The van der Waals surface area contributed by atoms with Gasteiger partial charge in [0, 0.05) is 19.8 Å². The van der Waals surface area contributed by atoms with Gasteiger partial charge in [-0.2, -0.15) is 0 Å². The molecule has 2 aliphatic rings. The van der Waals surface area contributed by atoms with Crippen LogP contribution in [-0.4, -0.2) is 49.3 Å². The number of benzene rings is 1. The van der Waals surface area contributed by atoms with Crippen LogP contribution in [0, 0.1) is 0 Å². The second-order valence-electron chi connectivity index (χ2n) is 6.18. The van der Waals surface area contributed by atoms with Crippen molar-refractivity contribution in [3.05, 3.63) is 35.9 Å². The van der Waals surface area contributed by atoms with Crippen molar-refractivity contribution in [3.63, 3.8) is 0 Å². The average molecular weight is 303 g/mol. The van der Waals surface area contributed by atoms with Gasteiger partial charge in [-0.15, -0.1) is 0 Å². The molecular weight excluding hydrogens is 278 g/mol. The van der Waals surface area contributed by atoms with Crippen LogP contribution >= 0.6 is 0 Å². The minimum atomic E-state index is 0.119. The maximum Gasteiger partial charge on any atom is 0.225 e. The van der Waals surface area contributed by atoms with Crippen molar-refractivity contribution in [3.8, 4) is 0 Å². The lowest BCUT2D eigenvalue weighted by Crippen LogP contribution is -2.43. The number of ether oxygens (including phenoxy) is 2. The van der Waals surface area contributed by atoms with Crippen LogP contribution in [-0.2, 0) is 20.7 Å². The zero-order valence-corrected chi connectivity index (χ0v) is 13.1. The van der Waals surface area contributed by atoms with Crippen molar-refractivity contribution < 1.29 is 14.3 Å². The average Bonchev–Trinajstić information content (AvgIpc) is 3.22. The Labute approximate surface area is 132 Å². The first-order valence-electron chi connectivity index (χ1n) is 8.35. The van der Waals surface area contributed by atoms with Gasteiger partial charge in [-0.05, 0) is 31.2 Å². The van der Waals surface area contributed by atoms with Crippen molar-refractivity contribution in [1.29, 1.82) is 0 Å². The summed E-state index contributed by atoms with van der Waals surface area (Å²) in [6.07, 6.45) is 4.58. The lowest BCUT2D eigenvalue weighted by molar-refractivity contribution is -0.135. The van der Waals surface area contributed by atoms with Crippen molar-refractivity contribution in [1.82, 2.24) is 4.90 Å². The molecule has 1 amide bonds. The predicted molar refractivity (Wildman–Crippen MR) is 84.7 cm³/mol. The molecule has 4 heteroatoms. The zero-order valence-electron chi connectivity index (χ0n) is 13.1. The summed E-state index contributed by atoms with van der Waals surface area (Å²) in [5.74, 6) is 0.221. The molecule has 2 aliphatic heterocycles. The smallest absolute Gasteiger partial charge is 0.225 e. The summed E-state index contributed by atoms with van der Waals surface area (Å²) in [6, 6.07) is 10.6. The maximum atomic E-state index is 12.7. The van der Waals surface area contributed by atoms with Gasteiger partial charge in [0.15, 0.2) is 0 Å². The summed E-state index contributed by atoms with van der Waals surface area (Å²) in [7, 11) is 0. The Morgan fingerprint density at radius 1 is 1.18 bits per heavy atom. The minimum absolute atomic E-state index is 0.119. The first-order chi connectivity index (χ1) is 10.8. The third-order valence-electron chi connectivity index (χ3n) is 4.58. The fraction of sp³-hybridized carbons (Fsp3) is 0.611. The largest absolute Gasteiger partial charge is 0.379 e. The Balaban J connectivity index is 1.59. The van der Waals surface area contributed by atoms with Gasteiger partial charge in [-0.1, -0.05) is 30.3 Å². The third-order valence-corrected chi connectivity index (χ3v) is 4.58. The molecule has 0 spiro atoms. The van der Waals surface area contributed by atoms with E-state index in [0.717, 1.165) is 45.4 Å². The number of hydrogen-bond acceptors (Lipinski definition) is 3. The Hall–Kier alpha value is -1.39. The quantitative estimate of drug-likeness (QED) is 0.810. The normalized spacial score (nSPS) is 24.5. The van der Waals surface area contributed by atoms with Crippen molar-refractivity contribution in [2.75, 3.05) is 26.4 Å². The van der Waals surface area contributed by atoms with E-state index < -0.39 is 0 Å². The summed E-state index contributed by atoms with van der Waals surface area (Å²) < 4.78 is 11.1. The highest BCUT2D eigenvalue weighted by Crippen LogP contribution is 2.20. The minimum Gasteiger partial charge on any atom is -0.379 e. The van der Waals surface area contributed by atoms with E-state index in [2.05, 4.69) is 12.1 Å². The second kappa shape index (κ2) is 7.75. The van der Waals surface area contributed by atoms with Crippen LogP contribution in [0.2, 0.25) is 0 Å².